The maximum Gasteiger partial charge on any atom is 0.253 e. The Morgan fingerprint density at radius 2 is 1.62 bits per heavy atom. The van der Waals surface area contributed by atoms with Crippen LogP contribution >= 0.6 is 0 Å². The van der Waals surface area contributed by atoms with Crippen molar-refractivity contribution < 1.29 is 9.53 Å². The van der Waals surface area contributed by atoms with Crippen LogP contribution in [-0.4, -0.2) is 60.2 Å². The van der Waals surface area contributed by atoms with Crippen LogP contribution in [0.4, 0.5) is 5.69 Å². The van der Waals surface area contributed by atoms with Crippen molar-refractivity contribution in [1.82, 2.24) is 14.9 Å². The molecule has 1 fully saturated rings. The molecule has 5 rings (SSSR count). The van der Waals surface area contributed by atoms with Crippen molar-refractivity contribution in [3.63, 3.8) is 0 Å². The van der Waals surface area contributed by atoms with E-state index in [1.54, 1.807) is 19.0 Å². The van der Waals surface area contributed by atoms with E-state index >= 15 is 0 Å². The third kappa shape index (κ3) is 4.29. The normalized spacial score (nSPS) is 18.3. The molecule has 1 aliphatic rings. The highest BCUT2D eigenvalue weighted by Gasteiger charge is 2.22. The molecule has 34 heavy (non-hydrogen) atoms. The lowest BCUT2D eigenvalue weighted by atomic mass is 10.0. The third-order valence-corrected chi connectivity index (χ3v) is 6.37. The number of nitrogens with one attached hydrogen (secondary N) is 1. The van der Waals surface area contributed by atoms with Crippen molar-refractivity contribution in [1.29, 1.82) is 0 Å². The van der Waals surface area contributed by atoms with Crippen molar-refractivity contribution in [3.8, 4) is 22.3 Å². The van der Waals surface area contributed by atoms with Gasteiger partial charge >= 0.3 is 0 Å². The number of benzene rings is 2. The van der Waals surface area contributed by atoms with Crippen molar-refractivity contribution in [2.75, 3.05) is 32.1 Å². The minimum atomic E-state index is -0.00105. The van der Waals surface area contributed by atoms with Gasteiger partial charge in [-0.2, -0.15) is 0 Å². The van der Waals surface area contributed by atoms with Crippen LogP contribution in [0.25, 0.3) is 33.3 Å². The summed E-state index contributed by atoms with van der Waals surface area (Å²) in [5.74, 6) is -0.00105. The van der Waals surface area contributed by atoms with Gasteiger partial charge in [0.05, 0.1) is 12.2 Å². The zero-order chi connectivity index (χ0) is 23.8. The Kier molecular flexibility index (Phi) is 5.84. The number of morpholine rings is 1. The summed E-state index contributed by atoms with van der Waals surface area (Å²) in [5, 5.41) is 1.06. The molecule has 6 nitrogen and oxygen atoms in total. The maximum atomic E-state index is 12.2. The summed E-state index contributed by atoms with van der Waals surface area (Å²) in [6.45, 7) is 6.06. The molecule has 0 bridgehead atoms. The molecule has 0 aliphatic carbocycles. The minimum absolute atomic E-state index is 0.00105. The fourth-order valence-corrected chi connectivity index (χ4v) is 4.70. The van der Waals surface area contributed by atoms with Gasteiger partial charge < -0.3 is 19.5 Å². The van der Waals surface area contributed by atoms with Crippen LogP contribution in [0.5, 0.6) is 0 Å². The standard InChI is InChI=1S/C28H30N4O2/c1-18-16-32(17-19(2)34-18)24-11-9-20(10-12-24)23-13-25-26(15-30-27(25)29-14-23)21-5-7-22(8-6-21)28(33)31(3)4/h5-15,18-19H,16-17H2,1-4H3,(H,29,30). The zero-order valence-electron chi connectivity index (χ0n) is 20.1. The van der Waals surface area contributed by atoms with E-state index in [0.717, 1.165) is 46.4 Å². The maximum absolute atomic E-state index is 12.2. The molecule has 2 atom stereocenters. The van der Waals surface area contributed by atoms with Crippen LogP contribution in [0.15, 0.2) is 67.0 Å². The van der Waals surface area contributed by atoms with Gasteiger partial charge in [-0.15, -0.1) is 0 Å². The van der Waals surface area contributed by atoms with Crippen LogP contribution in [0.3, 0.4) is 0 Å². The Bertz CT molecular complexity index is 1300. The van der Waals surface area contributed by atoms with Crippen LogP contribution in [-0.2, 0) is 4.74 Å². The lowest BCUT2D eigenvalue weighted by molar-refractivity contribution is -0.00521. The number of hydrogen-bond acceptors (Lipinski definition) is 4. The van der Waals surface area contributed by atoms with E-state index in [4.69, 9.17) is 4.74 Å². The first-order valence-corrected chi connectivity index (χ1v) is 11.7. The van der Waals surface area contributed by atoms with Crippen LogP contribution in [0.2, 0.25) is 0 Å². The Hall–Kier alpha value is -3.64. The second-order valence-electron chi connectivity index (χ2n) is 9.31. The monoisotopic (exact) mass is 454 g/mol. The summed E-state index contributed by atoms with van der Waals surface area (Å²) in [6, 6.07) is 18.6. The summed E-state index contributed by atoms with van der Waals surface area (Å²) in [4.78, 5) is 24.1. The number of aromatic amines is 1. The highest BCUT2D eigenvalue weighted by molar-refractivity contribution is 5.98. The molecule has 0 spiro atoms. The molecule has 1 N–H and O–H groups in total. The van der Waals surface area contributed by atoms with Crippen molar-refractivity contribution in [2.45, 2.75) is 26.1 Å². The van der Waals surface area contributed by atoms with Gasteiger partial charge in [0.15, 0.2) is 0 Å². The number of nitrogens with zero attached hydrogens (tertiary/aromatic N) is 3. The van der Waals surface area contributed by atoms with Crippen LogP contribution < -0.4 is 4.90 Å². The Morgan fingerprint density at radius 3 is 2.26 bits per heavy atom. The molecule has 2 unspecified atom stereocenters. The molecule has 4 aromatic rings. The van der Waals surface area contributed by atoms with E-state index in [0.29, 0.717) is 5.56 Å². The first-order valence-electron chi connectivity index (χ1n) is 11.7. The highest BCUT2D eigenvalue weighted by Crippen LogP contribution is 2.32. The van der Waals surface area contributed by atoms with E-state index in [1.807, 2.05) is 36.7 Å². The highest BCUT2D eigenvalue weighted by atomic mass is 16.5. The van der Waals surface area contributed by atoms with Gasteiger partial charge in [-0.25, -0.2) is 4.98 Å². The average Bonchev–Trinajstić information content (AvgIpc) is 3.26. The number of H-pyrrole nitrogens is 1. The second-order valence-corrected chi connectivity index (χ2v) is 9.31. The van der Waals surface area contributed by atoms with Gasteiger partial charge in [0.25, 0.3) is 5.91 Å². The Balaban J connectivity index is 1.42. The van der Waals surface area contributed by atoms with Crippen molar-refractivity contribution >= 4 is 22.6 Å². The van der Waals surface area contributed by atoms with Gasteiger partial charge in [0.2, 0.25) is 0 Å². The summed E-state index contributed by atoms with van der Waals surface area (Å²) in [7, 11) is 3.52. The van der Waals surface area contributed by atoms with Crippen LogP contribution in [0.1, 0.15) is 24.2 Å². The Labute approximate surface area is 200 Å². The van der Waals surface area contributed by atoms with Crippen LogP contribution in [0, 0.1) is 0 Å². The summed E-state index contributed by atoms with van der Waals surface area (Å²) in [5.41, 5.74) is 7.06. The second kappa shape index (κ2) is 8.95. The number of fused-ring (bicyclic) bond motifs is 1. The molecule has 0 saturated carbocycles. The smallest absolute Gasteiger partial charge is 0.253 e. The molecule has 1 saturated heterocycles. The van der Waals surface area contributed by atoms with E-state index < -0.39 is 0 Å². The van der Waals surface area contributed by atoms with Gasteiger partial charge in [0.1, 0.15) is 5.65 Å². The molecular formula is C28H30N4O2. The molecule has 2 aromatic carbocycles. The molecule has 2 aromatic heterocycles. The summed E-state index contributed by atoms with van der Waals surface area (Å²) in [6.07, 6.45) is 4.36. The quantitative estimate of drug-likeness (QED) is 0.460. The van der Waals surface area contributed by atoms with E-state index in [9.17, 15) is 4.79 Å². The fourth-order valence-electron chi connectivity index (χ4n) is 4.70. The number of anilines is 1. The van der Waals surface area contributed by atoms with Crippen molar-refractivity contribution in [2.24, 2.45) is 0 Å². The summed E-state index contributed by atoms with van der Waals surface area (Å²) >= 11 is 0. The number of carbonyl (C=O) groups is 1. The van der Waals surface area contributed by atoms with E-state index in [2.05, 4.69) is 59.0 Å². The lowest BCUT2D eigenvalue weighted by Crippen LogP contribution is -2.45. The molecule has 1 amide bonds. The van der Waals surface area contributed by atoms with Gasteiger partial charge in [0, 0.05) is 67.3 Å². The van der Waals surface area contributed by atoms with Gasteiger partial charge in [-0.3, -0.25) is 4.79 Å². The number of pyridine rings is 1. The predicted molar refractivity (Wildman–Crippen MR) is 137 cm³/mol. The molecule has 3 heterocycles. The number of carbonyl (C=O) groups excluding carboxylic acids is 1. The fraction of sp³-hybridized carbons (Fsp3) is 0.286. The molecule has 0 radical (unpaired) electrons. The van der Waals surface area contributed by atoms with Gasteiger partial charge in [-0.05, 0) is 55.3 Å². The number of amides is 1. The number of rotatable bonds is 4. The first-order chi connectivity index (χ1) is 16.4. The largest absolute Gasteiger partial charge is 0.372 e. The third-order valence-electron chi connectivity index (χ3n) is 6.37. The summed E-state index contributed by atoms with van der Waals surface area (Å²) < 4.78 is 5.87. The van der Waals surface area contributed by atoms with Gasteiger partial charge in [-0.1, -0.05) is 24.3 Å². The SMILES string of the molecule is CC1CN(c2ccc(-c3cnc4[nH]cc(-c5ccc(C(=O)N(C)C)cc5)c4c3)cc2)CC(C)O1. The molecule has 1 aliphatic heterocycles. The minimum Gasteiger partial charge on any atom is -0.372 e. The first kappa shape index (κ1) is 22.2. The molecule has 174 valence electrons. The molecule has 6 heteroatoms. The number of aromatic nitrogens is 2. The van der Waals surface area contributed by atoms with E-state index in [-0.39, 0.29) is 18.1 Å². The van der Waals surface area contributed by atoms with E-state index in [1.165, 1.54) is 5.69 Å². The zero-order valence-corrected chi connectivity index (χ0v) is 20.1. The lowest BCUT2D eigenvalue weighted by Gasteiger charge is -2.36. The number of ether oxygens (including phenoxy) is 1. The molecular weight excluding hydrogens is 424 g/mol. The van der Waals surface area contributed by atoms with Crippen molar-refractivity contribution in [3.05, 3.63) is 72.6 Å². The topological polar surface area (TPSA) is 61.5 Å². The predicted octanol–water partition coefficient (Wildman–Crippen LogP) is 5.21. The Morgan fingerprint density at radius 1 is 0.971 bits per heavy atom. The average molecular weight is 455 g/mol. The number of hydrogen-bond donors (Lipinski definition) is 1.